The van der Waals surface area contributed by atoms with Gasteiger partial charge in [-0.05, 0) is 6.92 Å². The van der Waals surface area contributed by atoms with Crippen LogP contribution in [-0.2, 0) is 4.79 Å². The number of carbonyl (C=O) groups excluding carboxylic acids is 1. The highest BCUT2D eigenvalue weighted by atomic mass is 19.4. The van der Waals surface area contributed by atoms with E-state index in [1.54, 1.807) is 0 Å². The molecule has 0 aliphatic heterocycles. The van der Waals surface area contributed by atoms with Gasteiger partial charge in [-0.25, -0.2) is 0 Å². The maximum atomic E-state index is 12.2. The molecule has 4 nitrogen and oxygen atoms in total. The quantitative estimate of drug-likeness (QED) is 0.653. The molecular formula is C10H15F3N2O2. The molecule has 0 aromatic heterocycles. The van der Waals surface area contributed by atoms with Crippen LogP contribution in [0.15, 0.2) is 0 Å². The summed E-state index contributed by atoms with van der Waals surface area (Å²) in [5.74, 6) is 1.55. The van der Waals surface area contributed by atoms with E-state index in [-0.39, 0.29) is 13.1 Å². The second-order valence-corrected chi connectivity index (χ2v) is 3.41. The summed E-state index contributed by atoms with van der Waals surface area (Å²) in [6, 6.07) is -1.00. The maximum absolute atomic E-state index is 12.2. The summed E-state index contributed by atoms with van der Waals surface area (Å²) < 4.78 is 36.7. The Morgan fingerprint density at radius 2 is 2.18 bits per heavy atom. The summed E-state index contributed by atoms with van der Waals surface area (Å²) in [5.41, 5.74) is 0. The second kappa shape index (κ2) is 7.14. The summed E-state index contributed by atoms with van der Waals surface area (Å²) in [5, 5.41) is 11.0. The molecule has 0 spiro atoms. The van der Waals surface area contributed by atoms with Crippen molar-refractivity contribution in [2.45, 2.75) is 19.1 Å². The van der Waals surface area contributed by atoms with Gasteiger partial charge in [0.2, 0.25) is 5.91 Å². The number of amides is 1. The van der Waals surface area contributed by atoms with Crippen LogP contribution in [0.3, 0.4) is 0 Å². The number of hydrogen-bond acceptors (Lipinski definition) is 3. The van der Waals surface area contributed by atoms with Crippen LogP contribution in [0.5, 0.6) is 0 Å². The number of nitrogens with one attached hydrogen (secondary N) is 1. The van der Waals surface area contributed by atoms with Crippen LogP contribution < -0.4 is 5.32 Å². The Labute approximate surface area is 97.8 Å². The van der Waals surface area contributed by atoms with Gasteiger partial charge in [0.1, 0.15) is 0 Å². The van der Waals surface area contributed by atoms with E-state index in [9.17, 15) is 18.0 Å². The Morgan fingerprint density at radius 3 is 2.59 bits per heavy atom. The third-order valence-electron chi connectivity index (χ3n) is 2.06. The molecule has 0 aliphatic rings. The van der Waals surface area contributed by atoms with Crippen molar-refractivity contribution in [3.63, 3.8) is 0 Å². The van der Waals surface area contributed by atoms with Gasteiger partial charge < -0.3 is 10.4 Å². The summed E-state index contributed by atoms with van der Waals surface area (Å²) in [6.45, 7) is -0.652. The van der Waals surface area contributed by atoms with Gasteiger partial charge in [-0.15, -0.1) is 6.42 Å². The molecule has 0 aliphatic carbocycles. The van der Waals surface area contributed by atoms with E-state index in [0.717, 1.165) is 4.90 Å². The first kappa shape index (κ1) is 15.7. The van der Waals surface area contributed by atoms with Crippen LogP contribution in [0.4, 0.5) is 13.2 Å². The van der Waals surface area contributed by atoms with Gasteiger partial charge in [0.15, 0.2) is 0 Å². The SMILES string of the molecule is C#CCNC(=O)C(C)N(CCO)CC(F)(F)F. The standard InChI is InChI=1S/C10H15F3N2O2/c1-3-4-14-9(17)8(2)15(5-6-16)7-10(11,12)13/h1,8,16H,4-7H2,2H3,(H,14,17). The molecule has 0 saturated carbocycles. The Balaban J connectivity index is 4.48. The summed E-state index contributed by atoms with van der Waals surface area (Å²) in [6.07, 6.45) is 0.494. The molecule has 2 N–H and O–H groups in total. The molecule has 1 amide bonds. The highest BCUT2D eigenvalue weighted by Crippen LogP contribution is 2.17. The molecule has 98 valence electrons. The molecule has 0 aromatic carbocycles. The van der Waals surface area contributed by atoms with Crippen LogP contribution in [0.25, 0.3) is 0 Å². The van der Waals surface area contributed by atoms with Gasteiger partial charge >= 0.3 is 6.18 Å². The molecule has 0 aromatic rings. The zero-order chi connectivity index (χ0) is 13.5. The van der Waals surface area contributed by atoms with Gasteiger partial charge in [0, 0.05) is 6.54 Å². The largest absolute Gasteiger partial charge is 0.401 e. The summed E-state index contributed by atoms with van der Waals surface area (Å²) in [7, 11) is 0. The fourth-order valence-electron chi connectivity index (χ4n) is 1.22. The first-order valence-corrected chi connectivity index (χ1v) is 4.94. The number of rotatable bonds is 6. The molecule has 0 heterocycles. The molecule has 17 heavy (non-hydrogen) atoms. The molecule has 0 fully saturated rings. The van der Waals surface area contributed by atoms with Crippen molar-refractivity contribution in [3.8, 4) is 12.3 Å². The predicted molar refractivity (Wildman–Crippen MR) is 56.0 cm³/mol. The van der Waals surface area contributed by atoms with E-state index in [0.29, 0.717) is 0 Å². The first-order valence-electron chi connectivity index (χ1n) is 4.94. The van der Waals surface area contributed by atoms with E-state index in [2.05, 4.69) is 11.2 Å². The smallest absolute Gasteiger partial charge is 0.395 e. The van der Waals surface area contributed by atoms with Gasteiger partial charge in [-0.3, -0.25) is 9.69 Å². The van der Waals surface area contributed by atoms with Crippen LogP contribution in [0.1, 0.15) is 6.92 Å². The summed E-state index contributed by atoms with van der Waals surface area (Å²) >= 11 is 0. The van der Waals surface area contributed by atoms with Gasteiger partial charge in [0.25, 0.3) is 0 Å². The number of alkyl halides is 3. The third-order valence-corrected chi connectivity index (χ3v) is 2.06. The monoisotopic (exact) mass is 252 g/mol. The van der Waals surface area contributed by atoms with E-state index in [1.807, 2.05) is 0 Å². The fraction of sp³-hybridized carbons (Fsp3) is 0.700. The van der Waals surface area contributed by atoms with Crippen LogP contribution in [0, 0.1) is 12.3 Å². The Kier molecular flexibility index (Phi) is 6.61. The number of hydrogen-bond donors (Lipinski definition) is 2. The van der Waals surface area contributed by atoms with Crippen molar-refractivity contribution >= 4 is 5.91 Å². The van der Waals surface area contributed by atoms with Crippen molar-refractivity contribution in [3.05, 3.63) is 0 Å². The molecule has 1 unspecified atom stereocenters. The Hall–Kier alpha value is -1.26. The van der Waals surface area contributed by atoms with Crippen molar-refractivity contribution in [2.24, 2.45) is 0 Å². The van der Waals surface area contributed by atoms with Gasteiger partial charge in [0.05, 0.1) is 25.7 Å². The first-order chi connectivity index (χ1) is 7.81. The van der Waals surface area contributed by atoms with E-state index in [1.165, 1.54) is 6.92 Å². The van der Waals surface area contributed by atoms with Crippen LogP contribution in [0.2, 0.25) is 0 Å². The minimum absolute atomic E-state index is 0.0395. The molecule has 7 heteroatoms. The molecule has 0 saturated heterocycles. The third kappa shape index (κ3) is 6.81. The molecule has 0 rings (SSSR count). The maximum Gasteiger partial charge on any atom is 0.401 e. The highest BCUT2D eigenvalue weighted by molar-refractivity contribution is 5.81. The van der Waals surface area contributed by atoms with Crippen LogP contribution in [-0.4, -0.2) is 54.4 Å². The van der Waals surface area contributed by atoms with Crippen molar-refractivity contribution in [1.29, 1.82) is 0 Å². The number of carbonyl (C=O) groups is 1. The van der Waals surface area contributed by atoms with E-state index >= 15 is 0 Å². The average Bonchev–Trinajstić information content (AvgIpc) is 2.22. The number of terminal acetylenes is 1. The van der Waals surface area contributed by atoms with Crippen molar-refractivity contribution in [1.82, 2.24) is 10.2 Å². The highest BCUT2D eigenvalue weighted by Gasteiger charge is 2.34. The lowest BCUT2D eigenvalue weighted by Gasteiger charge is -2.28. The lowest BCUT2D eigenvalue weighted by Crippen LogP contribution is -2.49. The van der Waals surface area contributed by atoms with Gasteiger partial charge in [-0.2, -0.15) is 13.2 Å². The van der Waals surface area contributed by atoms with Gasteiger partial charge in [-0.1, -0.05) is 5.92 Å². The van der Waals surface area contributed by atoms with Crippen molar-refractivity contribution in [2.75, 3.05) is 26.2 Å². The topological polar surface area (TPSA) is 52.6 Å². The Bertz CT molecular complexity index is 286. The lowest BCUT2D eigenvalue weighted by atomic mass is 10.2. The molecule has 0 radical (unpaired) electrons. The average molecular weight is 252 g/mol. The number of halogens is 3. The molecular weight excluding hydrogens is 237 g/mol. The van der Waals surface area contributed by atoms with Crippen molar-refractivity contribution < 1.29 is 23.1 Å². The molecule has 1 atom stereocenters. The normalized spacial score (nSPS) is 13.2. The zero-order valence-corrected chi connectivity index (χ0v) is 9.42. The van der Waals surface area contributed by atoms with Crippen LogP contribution >= 0.6 is 0 Å². The fourth-order valence-corrected chi connectivity index (χ4v) is 1.22. The lowest BCUT2D eigenvalue weighted by molar-refractivity contribution is -0.155. The Morgan fingerprint density at radius 1 is 1.59 bits per heavy atom. The number of nitrogens with zero attached hydrogens (tertiary/aromatic N) is 1. The van der Waals surface area contributed by atoms with E-state index in [4.69, 9.17) is 11.5 Å². The summed E-state index contributed by atoms with van der Waals surface area (Å²) in [4.78, 5) is 12.2. The predicted octanol–water partition coefficient (Wildman–Crippen LogP) is -0.0191. The number of aliphatic hydroxyl groups excluding tert-OH is 1. The zero-order valence-electron chi connectivity index (χ0n) is 9.42. The minimum atomic E-state index is -4.42. The second-order valence-electron chi connectivity index (χ2n) is 3.41. The minimum Gasteiger partial charge on any atom is -0.395 e. The molecule has 0 bridgehead atoms. The van der Waals surface area contributed by atoms with E-state index < -0.39 is 31.3 Å². The number of aliphatic hydroxyl groups is 1.